The van der Waals surface area contributed by atoms with Crippen LogP contribution in [-0.2, 0) is 0 Å². The van der Waals surface area contributed by atoms with Gasteiger partial charge in [-0.05, 0) is 61.9 Å². The zero-order chi connectivity index (χ0) is 14.4. The molecule has 1 aromatic rings. The Morgan fingerprint density at radius 3 is 1.95 bits per heavy atom. The van der Waals surface area contributed by atoms with E-state index < -0.39 is 0 Å². The molecule has 0 bridgehead atoms. The van der Waals surface area contributed by atoms with Gasteiger partial charge in [-0.1, -0.05) is 45.1 Å². The minimum Gasteiger partial charge on any atom is -0.324 e. The number of hydrogen-bond donors (Lipinski definition) is 1. The third-order valence-electron chi connectivity index (χ3n) is 4.41. The molecule has 1 aromatic carbocycles. The molecule has 0 fully saturated rings. The number of hydrogen-bond acceptors (Lipinski definition) is 1. The summed E-state index contributed by atoms with van der Waals surface area (Å²) in [6.07, 6.45) is 7.72. The summed E-state index contributed by atoms with van der Waals surface area (Å²) in [5.41, 5.74) is 13.4. The predicted molar refractivity (Wildman–Crippen MR) is 85.7 cm³/mol. The lowest BCUT2D eigenvalue weighted by atomic mass is 9.88. The summed E-state index contributed by atoms with van der Waals surface area (Å²) in [5, 5.41) is 0. The second-order valence-corrected chi connectivity index (χ2v) is 5.98. The van der Waals surface area contributed by atoms with E-state index in [9.17, 15) is 0 Å². The Labute approximate surface area is 119 Å². The van der Waals surface area contributed by atoms with Gasteiger partial charge in [0.1, 0.15) is 0 Å². The van der Waals surface area contributed by atoms with E-state index in [1.165, 1.54) is 59.9 Å². The third kappa shape index (κ3) is 4.35. The van der Waals surface area contributed by atoms with E-state index in [1.807, 2.05) is 0 Å². The lowest BCUT2D eigenvalue weighted by Gasteiger charge is -2.21. The van der Waals surface area contributed by atoms with E-state index >= 15 is 0 Å². The Kier molecular flexibility index (Phi) is 6.57. The van der Waals surface area contributed by atoms with E-state index in [-0.39, 0.29) is 6.04 Å². The maximum Gasteiger partial charge on any atom is 0.0300 e. The van der Waals surface area contributed by atoms with Crippen molar-refractivity contribution in [2.24, 2.45) is 5.73 Å². The van der Waals surface area contributed by atoms with Crippen LogP contribution in [0.15, 0.2) is 6.07 Å². The fourth-order valence-electron chi connectivity index (χ4n) is 2.92. The zero-order valence-electron chi connectivity index (χ0n) is 13.5. The number of unbranched alkanes of at least 4 members (excludes halogenated alkanes) is 4. The lowest BCUT2D eigenvalue weighted by molar-refractivity contribution is 0.552. The van der Waals surface area contributed by atoms with Crippen LogP contribution in [0.1, 0.15) is 79.3 Å². The minimum absolute atomic E-state index is 0.209. The first-order valence-electron chi connectivity index (χ1n) is 7.81. The van der Waals surface area contributed by atoms with Gasteiger partial charge >= 0.3 is 0 Å². The fourth-order valence-corrected chi connectivity index (χ4v) is 2.92. The molecule has 0 aliphatic carbocycles. The molecule has 108 valence electrons. The molecule has 0 heterocycles. The van der Waals surface area contributed by atoms with Gasteiger partial charge in [0.15, 0.2) is 0 Å². The first kappa shape index (κ1) is 16.2. The second kappa shape index (κ2) is 7.69. The van der Waals surface area contributed by atoms with Gasteiger partial charge in [-0.2, -0.15) is 0 Å². The molecule has 0 amide bonds. The van der Waals surface area contributed by atoms with Crippen molar-refractivity contribution < 1.29 is 0 Å². The van der Waals surface area contributed by atoms with Crippen molar-refractivity contribution in [1.29, 1.82) is 0 Å². The van der Waals surface area contributed by atoms with Gasteiger partial charge in [0.25, 0.3) is 0 Å². The highest BCUT2D eigenvalue weighted by molar-refractivity contribution is 5.45. The van der Waals surface area contributed by atoms with E-state index in [2.05, 4.69) is 40.7 Å². The predicted octanol–water partition coefficient (Wildman–Crippen LogP) is 5.28. The van der Waals surface area contributed by atoms with Crippen molar-refractivity contribution in [2.45, 2.75) is 79.2 Å². The molecular weight excluding hydrogens is 230 g/mol. The average Bonchev–Trinajstić information content (AvgIpc) is 2.36. The summed E-state index contributed by atoms with van der Waals surface area (Å²) >= 11 is 0. The second-order valence-electron chi connectivity index (χ2n) is 5.98. The van der Waals surface area contributed by atoms with Crippen LogP contribution in [0.3, 0.4) is 0 Å². The van der Waals surface area contributed by atoms with Gasteiger partial charge in [-0.25, -0.2) is 0 Å². The van der Waals surface area contributed by atoms with Gasteiger partial charge in [0.05, 0.1) is 0 Å². The van der Waals surface area contributed by atoms with Crippen LogP contribution in [-0.4, -0.2) is 0 Å². The SMILES string of the molecule is CCCCCCCC(N)c1c(C)c(C)cc(C)c1C. The number of benzene rings is 1. The Morgan fingerprint density at radius 1 is 0.895 bits per heavy atom. The van der Waals surface area contributed by atoms with E-state index in [1.54, 1.807) is 0 Å². The molecule has 1 rings (SSSR count). The number of nitrogens with two attached hydrogens (primary N) is 1. The fraction of sp³-hybridized carbons (Fsp3) is 0.667. The Hall–Kier alpha value is -0.820. The largest absolute Gasteiger partial charge is 0.324 e. The van der Waals surface area contributed by atoms with Crippen LogP contribution >= 0.6 is 0 Å². The highest BCUT2D eigenvalue weighted by Crippen LogP contribution is 2.28. The van der Waals surface area contributed by atoms with Crippen LogP contribution in [0.4, 0.5) is 0 Å². The lowest BCUT2D eigenvalue weighted by Crippen LogP contribution is -2.15. The van der Waals surface area contributed by atoms with Crippen LogP contribution in [0.2, 0.25) is 0 Å². The van der Waals surface area contributed by atoms with Gasteiger partial charge in [-0.15, -0.1) is 0 Å². The Bertz CT molecular complexity index is 380. The van der Waals surface area contributed by atoms with Crippen molar-refractivity contribution in [3.05, 3.63) is 33.9 Å². The van der Waals surface area contributed by atoms with E-state index in [0.29, 0.717) is 0 Å². The standard InChI is InChI=1S/C18H31N/c1-6-7-8-9-10-11-17(19)18-15(4)13(2)12-14(3)16(18)5/h12,17H,6-11,19H2,1-5H3. The molecule has 19 heavy (non-hydrogen) atoms. The molecule has 2 N–H and O–H groups in total. The smallest absolute Gasteiger partial charge is 0.0300 e. The highest BCUT2D eigenvalue weighted by Gasteiger charge is 2.14. The molecule has 1 heteroatoms. The molecule has 0 saturated heterocycles. The molecule has 0 spiro atoms. The first-order chi connectivity index (χ1) is 8.99. The molecule has 0 radical (unpaired) electrons. The molecule has 0 aromatic heterocycles. The molecule has 0 saturated carbocycles. The summed E-state index contributed by atoms with van der Waals surface area (Å²) in [5.74, 6) is 0. The van der Waals surface area contributed by atoms with Crippen molar-refractivity contribution in [3.63, 3.8) is 0 Å². The monoisotopic (exact) mass is 261 g/mol. The summed E-state index contributed by atoms with van der Waals surface area (Å²) in [7, 11) is 0. The van der Waals surface area contributed by atoms with Crippen LogP contribution < -0.4 is 5.73 Å². The molecule has 1 atom stereocenters. The Balaban J connectivity index is 2.69. The molecule has 0 aliphatic rings. The highest BCUT2D eigenvalue weighted by atomic mass is 14.6. The normalized spacial score (nSPS) is 12.7. The van der Waals surface area contributed by atoms with Crippen LogP contribution in [0.25, 0.3) is 0 Å². The number of aryl methyl sites for hydroxylation is 2. The maximum atomic E-state index is 6.45. The van der Waals surface area contributed by atoms with Crippen molar-refractivity contribution in [3.8, 4) is 0 Å². The zero-order valence-corrected chi connectivity index (χ0v) is 13.5. The van der Waals surface area contributed by atoms with Crippen LogP contribution in [0.5, 0.6) is 0 Å². The molecule has 1 unspecified atom stereocenters. The van der Waals surface area contributed by atoms with Crippen molar-refractivity contribution in [2.75, 3.05) is 0 Å². The van der Waals surface area contributed by atoms with Gasteiger partial charge in [0, 0.05) is 6.04 Å². The molecular formula is C18H31N. The maximum absolute atomic E-state index is 6.45. The van der Waals surface area contributed by atoms with E-state index in [0.717, 1.165) is 6.42 Å². The van der Waals surface area contributed by atoms with Crippen LogP contribution in [0, 0.1) is 27.7 Å². The topological polar surface area (TPSA) is 26.0 Å². The summed E-state index contributed by atoms with van der Waals surface area (Å²) in [4.78, 5) is 0. The van der Waals surface area contributed by atoms with Gasteiger partial charge < -0.3 is 5.73 Å². The number of rotatable bonds is 7. The summed E-state index contributed by atoms with van der Waals surface area (Å²) in [6.45, 7) is 11.1. The Morgan fingerprint density at radius 2 is 1.42 bits per heavy atom. The molecule has 0 aliphatic heterocycles. The van der Waals surface area contributed by atoms with Crippen molar-refractivity contribution >= 4 is 0 Å². The minimum atomic E-state index is 0.209. The van der Waals surface area contributed by atoms with Gasteiger partial charge in [-0.3, -0.25) is 0 Å². The first-order valence-corrected chi connectivity index (χ1v) is 7.81. The van der Waals surface area contributed by atoms with Gasteiger partial charge in [0.2, 0.25) is 0 Å². The van der Waals surface area contributed by atoms with Crippen molar-refractivity contribution in [1.82, 2.24) is 0 Å². The van der Waals surface area contributed by atoms with E-state index in [4.69, 9.17) is 5.73 Å². The quantitative estimate of drug-likeness (QED) is 0.664. The average molecular weight is 261 g/mol. The summed E-state index contributed by atoms with van der Waals surface area (Å²) in [6, 6.07) is 2.49. The third-order valence-corrected chi connectivity index (χ3v) is 4.41. The molecule has 1 nitrogen and oxygen atoms in total. The summed E-state index contributed by atoms with van der Waals surface area (Å²) < 4.78 is 0.